The lowest BCUT2D eigenvalue weighted by atomic mass is 9.74. The van der Waals surface area contributed by atoms with Gasteiger partial charge in [-0.3, -0.25) is 28.5 Å². The Morgan fingerprint density at radius 2 is 1.22 bits per heavy atom. The van der Waals surface area contributed by atoms with Crippen LogP contribution in [0.2, 0.25) is 0 Å². The Balaban J connectivity index is 4.47. The van der Waals surface area contributed by atoms with Crippen LogP contribution in [0.25, 0.3) is 0 Å². The first-order valence-corrected chi connectivity index (χ1v) is 19.9. The Bertz CT molecular complexity index is 1320. The summed E-state index contributed by atoms with van der Waals surface area (Å²) in [4.78, 5) is 63.3. The number of nitrogens with one attached hydrogen (secondary N) is 3. The van der Waals surface area contributed by atoms with Crippen LogP contribution in [0.4, 0.5) is 0 Å². The van der Waals surface area contributed by atoms with Crippen LogP contribution in [0.1, 0.15) is 88.5 Å². The van der Waals surface area contributed by atoms with Gasteiger partial charge in [-0.25, -0.2) is 0 Å². The predicted molar refractivity (Wildman–Crippen MR) is 203 cm³/mol. The third kappa shape index (κ3) is 21.5. The monoisotopic (exact) mass is 796 g/mol. The number of Topliss-reactive ketones (excluding diaryl/α,β-unsaturated/α-hetero) is 2. The maximum Gasteiger partial charge on any atom is 0.309 e. The fourth-order valence-corrected chi connectivity index (χ4v) is 6.00. The molecule has 0 aliphatic rings. The van der Waals surface area contributed by atoms with Crippen molar-refractivity contribution in [2.45, 2.75) is 112 Å². The van der Waals surface area contributed by atoms with Crippen molar-refractivity contribution in [2.24, 2.45) is 10.8 Å². The zero-order valence-corrected chi connectivity index (χ0v) is 35.1. The molecule has 0 aliphatic heterocycles. The van der Waals surface area contributed by atoms with E-state index in [9.17, 15) is 42.0 Å². The lowest BCUT2D eigenvalue weighted by Crippen LogP contribution is -2.50. The quantitative estimate of drug-likeness (QED) is 0.0494. The summed E-state index contributed by atoms with van der Waals surface area (Å²) < 4.78 is 54.9. The lowest BCUT2D eigenvalue weighted by molar-refractivity contribution is -0.150. The fraction of sp³-hybridized carbons (Fsp3) is 0.861. The Morgan fingerprint density at radius 3 is 1.70 bits per heavy atom. The highest BCUT2D eigenvalue weighted by atomic mass is 32.2. The van der Waals surface area contributed by atoms with Crippen molar-refractivity contribution in [3.8, 4) is 0 Å². The van der Waals surface area contributed by atoms with Gasteiger partial charge in [0.05, 0.1) is 74.5 Å². The molecule has 0 aliphatic carbocycles. The summed E-state index contributed by atoms with van der Waals surface area (Å²) in [6, 6.07) is -1.11. The summed E-state index contributed by atoms with van der Waals surface area (Å²) in [5.74, 6) is -2.91. The molecule has 0 aromatic rings. The number of carbonyl (C=O) groups is 5. The Hall–Kier alpha value is -2.58. The van der Waals surface area contributed by atoms with E-state index < -0.39 is 55.7 Å². The van der Waals surface area contributed by atoms with Crippen molar-refractivity contribution in [3.05, 3.63) is 0 Å². The Labute approximate surface area is 322 Å². The number of nitrogens with zero attached hydrogens (tertiary/aromatic N) is 1. The van der Waals surface area contributed by atoms with Crippen LogP contribution in [0, 0.1) is 10.8 Å². The smallest absolute Gasteiger partial charge is 0.309 e. The van der Waals surface area contributed by atoms with Gasteiger partial charge in [-0.2, -0.15) is 8.42 Å². The van der Waals surface area contributed by atoms with Crippen molar-refractivity contribution in [1.82, 2.24) is 20.9 Å². The van der Waals surface area contributed by atoms with Crippen molar-refractivity contribution >= 4 is 39.5 Å². The zero-order valence-electron chi connectivity index (χ0n) is 34.3. The molecule has 0 fully saturated rings. The molecule has 0 saturated heterocycles. The second kappa shape index (κ2) is 23.5. The molecule has 2 amide bonds. The molecule has 18 heteroatoms. The van der Waals surface area contributed by atoms with E-state index in [0.29, 0.717) is 39.5 Å². The molecule has 5 N–H and O–H groups in total. The lowest BCUT2D eigenvalue weighted by Gasteiger charge is -2.32. The minimum Gasteiger partial charge on any atom is -0.481 e. The maximum atomic E-state index is 13.1. The highest BCUT2D eigenvalue weighted by Gasteiger charge is 2.40. The molecule has 0 saturated carbocycles. The van der Waals surface area contributed by atoms with Gasteiger partial charge < -0.3 is 44.9 Å². The van der Waals surface area contributed by atoms with E-state index in [1.807, 2.05) is 6.92 Å². The number of carboxylic acids is 1. The van der Waals surface area contributed by atoms with E-state index in [0.717, 1.165) is 0 Å². The van der Waals surface area contributed by atoms with Crippen LogP contribution < -0.4 is 16.0 Å². The summed E-state index contributed by atoms with van der Waals surface area (Å²) >= 11 is 0. The molecule has 0 bridgehead atoms. The minimum absolute atomic E-state index is 0.0238. The first-order chi connectivity index (χ1) is 24.6. The molecule has 0 aromatic heterocycles. The number of hydrogen-bond donors (Lipinski definition) is 5. The van der Waals surface area contributed by atoms with Crippen molar-refractivity contribution in [1.29, 1.82) is 0 Å². The largest absolute Gasteiger partial charge is 0.481 e. The second-order valence-corrected chi connectivity index (χ2v) is 17.5. The number of carboxylic acid groups (broad SMARTS) is 1. The summed E-state index contributed by atoms with van der Waals surface area (Å²) in [6.07, 6.45) is -0.214. The van der Waals surface area contributed by atoms with E-state index in [4.69, 9.17) is 18.9 Å². The first kappa shape index (κ1) is 51.4. The fourth-order valence-electron chi connectivity index (χ4n) is 5.24. The van der Waals surface area contributed by atoms with E-state index in [-0.39, 0.29) is 69.2 Å². The van der Waals surface area contributed by atoms with E-state index in [1.165, 1.54) is 20.8 Å². The van der Waals surface area contributed by atoms with Crippen molar-refractivity contribution in [3.63, 3.8) is 0 Å². The van der Waals surface area contributed by atoms with Crippen LogP contribution in [-0.4, -0.2) is 154 Å². The molecule has 0 spiro atoms. The van der Waals surface area contributed by atoms with Gasteiger partial charge in [-0.05, 0) is 61.3 Å². The molecule has 0 aromatic carbocycles. The summed E-state index contributed by atoms with van der Waals surface area (Å²) in [6.45, 7) is 19.2. The third-order valence-corrected chi connectivity index (χ3v) is 9.88. The normalized spacial score (nSPS) is 14.0. The number of ketones is 2. The highest BCUT2D eigenvalue weighted by molar-refractivity contribution is 7.85. The Morgan fingerprint density at radius 1 is 0.741 bits per heavy atom. The van der Waals surface area contributed by atoms with Gasteiger partial charge in [0.1, 0.15) is 6.61 Å². The highest BCUT2D eigenvalue weighted by Crippen LogP contribution is 2.34. The van der Waals surface area contributed by atoms with Crippen molar-refractivity contribution in [2.75, 3.05) is 78.7 Å². The molecule has 17 nitrogen and oxygen atoms in total. The van der Waals surface area contributed by atoms with Gasteiger partial charge in [0, 0.05) is 44.9 Å². The molecule has 316 valence electrons. The SMILES string of the molecule is CC(=O)N(C)C(C)COCCOCCNC(C)(C)C(=O)COCCOCCNC(C)(C)C(=O)CCC(CS(=O)(=O)O)NC(=O)C(C)(C)CC(C)(C)C(=O)O. The van der Waals surface area contributed by atoms with Crippen molar-refractivity contribution < 1.29 is 61.0 Å². The van der Waals surface area contributed by atoms with Gasteiger partial charge in [-0.1, -0.05) is 13.8 Å². The zero-order chi connectivity index (χ0) is 42.0. The summed E-state index contributed by atoms with van der Waals surface area (Å²) in [5.41, 5.74) is -4.25. The van der Waals surface area contributed by atoms with E-state index >= 15 is 0 Å². The molecule has 54 heavy (non-hydrogen) atoms. The Kier molecular flexibility index (Phi) is 22.4. The molecule has 2 unspecified atom stereocenters. The average Bonchev–Trinajstić information content (AvgIpc) is 3.03. The minimum atomic E-state index is -4.50. The molecule has 0 radical (unpaired) electrons. The number of rotatable bonds is 31. The van der Waals surface area contributed by atoms with Crippen LogP contribution in [-0.2, 0) is 53.0 Å². The molecule has 0 heterocycles. The number of amides is 2. The van der Waals surface area contributed by atoms with Crippen LogP contribution in [0.5, 0.6) is 0 Å². The summed E-state index contributed by atoms with van der Waals surface area (Å²) in [5, 5.41) is 18.3. The third-order valence-electron chi connectivity index (χ3n) is 9.06. The first-order valence-electron chi connectivity index (χ1n) is 18.2. The van der Waals surface area contributed by atoms with Crippen LogP contribution in [0.3, 0.4) is 0 Å². The topological polar surface area (TPSA) is 236 Å². The molecule has 2 atom stereocenters. The number of likely N-dealkylation sites (N-methyl/N-ethyl adjacent to an activating group) is 1. The molecular formula is C36H68N4O13S. The average molecular weight is 797 g/mol. The second-order valence-electron chi connectivity index (χ2n) is 16.0. The number of aliphatic carboxylic acids is 1. The molecule has 0 rings (SSSR count). The van der Waals surface area contributed by atoms with E-state index in [1.54, 1.807) is 53.5 Å². The van der Waals surface area contributed by atoms with Gasteiger partial charge in [-0.15, -0.1) is 0 Å². The molecular weight excluding hydrogens is 728 g/mol. The number of ether oxygens (including phenoxy) is 4. The standard InChI is InChI=1S/C36H68N4O13S/c1-26(40(11)27(2)41)22-52-20-18-50-17-15-38-36(9,10)30(43)23-53-21-19-51-16-14-37-35(7,8)29(42)13-12-28(24-54(47,48)49)39-31(44)33(3,4)25-34(5,6)32(45)46/h26,28,37-38H,12-25H2,1-11H3,(H,39,44)(H,45,46)(H,47,48,49). The van der Waals surface area contributed by atoms with Crippen LogP contribution >= 0.6 is 0 Å². The van der Waals surface area contributed by atoms with Gasteiger partial charge in [0.15, 0.2) is 11.6 Å². The predicted octanol–water partition coefficient (Wildman–Crippen LogP) is 1.47. The van der Waals surface area contributed by atoms with E-state index in [2.05, 4.69) is 16.0 Å². The van der Waals surface area contributed by atoms with Gasteiger partial charge in [0.25, 0.3) is 10.1 Å². The maximum absolute atomic E-state index is 13.1. The summed E-state index contributed by atoms with van der Waals surface area (Å²) in [7, 11) is -2.77. The number of hydrogen-bond acceptors (Lipinski definition) is 13. The van der Waals surface area contributed by atoms with Gasteiger partial charge in [0.2, 0.25) is 11.8 Å². The van der Waals surface area contributed by atoms with Gasteiger partial charge >= 0.3 is 5.97 Å². The van der Waals surface area contributed by atoms with Crippen LogP contribution in [0.15, 0.2) is 0 Å². The number of carbonyl (C=O) groups excluding carboxylic acids is 4.